The van der Waals surface area contributed by atoms with Gasteiger partial charge in [-0.05, 0) is 84.6 Å². The van der Waals surface area contributed by atoms with E-state index < -0.39 is 5.41 Å². The molecule has 1 heterocycles. The Morgan fingerprint density at radius 1 is 0.895 bits per heavy atom. The van der Waals surface area contributed by atoms with Crippen molar-refractivity contribution in [3.8, 4) is 5.75 Å². The van der Waals surface area contributed by atoms with Gasteiger partial charge in [0.15, 0.2) is 0 Å². The van der Waals surface area contributed by atoms with E-state index in [1.807, 2.05) is 44.2 Å². The highest BCUT2D eigenvalue weighted by Gasteiger charge is 2.32. The number of carbonyl (C=O) groups excluding carboxylic acids is 1. The van der Waals surface area contributed by atoms with Gasteiger partial charge in [-0.15, -0.1) is 0 Å². The van der Waals surface area contributed by atoms with E-state index in [2.05, 4.69) is 66.1 Å². The van der Waals surface area contributed by atoms with Crippen molar-refractivity contribution in [3.63, 3.8) is 0 Å². The summed E-state index contributed by atoms with van der Waals surface area (Å²) in [5.41, 5.74) is 4.95. The van der Waals surface area contributed by atoms with Crippen LogP contribution in [0.5, 0.6) is 5.75 Å². The number of carbonyl (C=O) groups is 1. The van der Waals surface area contributed by atoms with Gasteiger partial charge in [-0.25, -0.2) is 0 Å². The fourth-order valence-corrected chi connectivity index (χ4v) is 5.21. The standard InChI is InChI=1S/C33H32ClNO3/c1-22-29-18-28(38-21-24-9-12-25-7-5-6-8-26(25)17-24)15-16-30(29)35(20-23-10-13-27(34)14-11-23)31(22)19-33(2,3)32(36)37-4/h5-18H,19-21H2,1-4H3. The quantitative estimate of drug-likeness (QED) is 0.192. The highest BCUT2D eigenvalue weighted by Crippen LogP contribution is 2.34. The molecule has 5 aromatic rings. The first-order chi connectivity index (χ1) is 18.2. The highest BCUT2D eigenvalue weighted by molar-refractivity contribution is 6.30. The number of benzene rings is 4. The molecule has 194 valence electrons. The van der Waals surface area contributed by atoms with Gasteiger partial charge in [-0.1, -0.05) is 60.1 Å². The van der Waals surface area contributed by atoms with Crippen LogP contribution < -0.4 is 4.74 Å². The summed E-state index contributed by atoms with van der Waals surface area (Å²) in [6.45, 7) is 7.15. The Balaban J connectivity index is 1.49. The lowest BCUT2D eigenvalue weighted by Crippen LogP contribution is -2.29. The average Bonchev–Trinajstić information content (AvgIpc) is 3.17. The first-order valence-electron chi connectivity index (χ1n) is 12.8. The molecule has 1 aromatic heterocycles. The maximum Gasteiger partial charge on any atom is 0.311 e. The molecule has 4 nitrogen and oxygen atoms in total. The number of aromatic nitrogens is 1. The van der Waals surface area contributed by atoms with Gasteiger partial charge >= 0.3 is 5.97 Å². The number of nitrogens with zero attached hydrogens (tertiary/aromatic N) is 1. The second-order valence-corrected chi connectivity index (χ2v) is 10.9. The zero-order valence-electron chi connectivity index (χ0n) is 22.3. The molecule has 0 fully saturated rings. The molecular formula is C33H32ClNO3. The van der Waals surface area contributed by atoms with Gasteiger partial charge in [-0.3, -0.25) is 4.79 Å². The second-order valence-electron chi connectivity index (χ2n) is 10.5. The number of hydrogen-bond acceptors (Lipinski definition) is 3. The van der Waals surface area contributed by atoms with Crippen LogP contribution in [0.4, 0.5) is 0 Å². The first-order valence-corrected chi connectivity index (χ1v) is 13.2. The molecule has 4 aromatic carbocycles. The van der Waals surface area contributed by atoms with Crippen LogP contribution in [-0.2, 0) is 29.1 Å². The number of rotatable bonds is 8. The lowest BCUT2D eigenvalue weighted by atomic mass is 9.86. The summed E-state index contributed by atoms with van der Waals surface area (Å²) in [6, 6.07) is 28.9. The summed E-state index contributed by atoms with van der Waals surface area (Å²) in [6.07, 6.45) is 0.557. The number of fused-ring (bicyclic) bond motifs is 2. The van der Waals surface area contributed by atoms with Crippen LogP contribution in [0.15, 0.2) is 84.9 Å². The van der Waals surface area contributed by atoms with Crippen LogP contribution in [0.1, 0.15) is 36.2 Å². The molecule has 0 spiro atoms. The van der Waals surface area contributed by atoms with Crippen molar-refractivity contribution in [1.82, 2.24) is 4.57 Å². The number of esters is 1. The third kappa shape index (κ3) is 5.27. The van der Waals surface area contributed by atoms with Gasteiger partial charge < -0.3 is 14.0 Å². The molecule has 0 N–H and O–H groups in total. The van der Waals surface area contributed by atoms with Gasteiger partial charge in [0.2, 0.25) is 0 Å². The monoisotopic (exact) mass is 525 g/mol. The van der Waals surface area contributed by atoms with E-state index in [9.17, 15) is 4.79 Å². The summed E-state index contributed by atoms with van der Waals surface area (Å²) in [7, 11) is 1.44. The molecule has 5 rings (SSSR count). The minimum absolute atomic E-state index is 0.223. The van der Waals surface area contributed by atoms with Crippen LogP contribution in [0.25, 0.3) is 21.7 Å². The fraction of sp³-hybridized carbons (Fsp3) is 0.242. The van der Waals surface area contributed by atoms with Crippen LogP contribution in [-0.4, -0.2) is 17.6 Å². The van der Waals surface area contributed by atoms with E-state index in [1.54, 1.807) is 0 Å². The maximum absolute atomic E-state index is 12.6. The number of halogens is 1. The molecule has 0 unspecified atom stereocenters. The summed E-state index contributed by atoms with van der Waals surface area (Å²) < 4.78 is 13.6. The molecule has 0 aliphatic rings. The van der Waals surface area contributed by atoms with Gasteiger partial charge in [0, 0.05) is 34.6 Å². The summed E-state index contributed by atoms with van der Waals surface area (Å²) in [5.74, 6) is 0.593. The summed E-state index contributed by atoms with van der Waals surface area (Å²) in [5, 5.41) is 4.25. The van der Waals surface area contributed by atoms with Gasteiger partial charge in [0.05, 0.1) is 12.5 Å². The molecule has 0 amide bonds. The Morgan fingerprint density at radius 2 is 1.61 bits per heavy atom. The van der Waals surface area contributed by atoms with E-state index in [0.717, 1.165) is 39.0 Å². The molecule has 38 heavy (non-hydrogen) atoms. The van der Waals surface area contributed by atoms with Crippen LogP contribution >= 0.6 is 11.6 Å². The Labute approximate surface area is 228 Å². The predicted octanol–water partition coefficient (Wildman–Crippen LogP) is 8.13. The van der Waals surface area contributed by atoms with Crippen LogP contribution in [0.3, 0.4) is 0 Å². The molecule has 0 radical (unpaired) electrons. The summed E-state index contributed by atoms with van der Waals surface area (Å²) in [4.78, 5) is 12.6. The Kier molecular flexibility index (Phi) is 7.18. The highest BCUT2D eigenvalue weighted by atomic mass is 35.5. The predicted molar refractivity (Wildman–Crippen MR) is 155 cm³/mol. The van der Waals surface area contributed by atoms with Crippen molar-refractivity contribution in [2.24, 2.45) is 5.41 Å². The largest absolute Gasteiger partial charge is 0.489 e. The van der Waals surface area contributed by atoms with Crippen molar-refractivity contribution in [1.29, 1.82) is 0 Å². The van der Waals surface area contributed by atoms with Crippen LogP contribution in [0, 0.1) is 12.3 Å². The maximum atomic E-state index is 12.6. The molecule has 0 aliphatic heterocycles. The summed E-state index contributed by atoms with van der Waals surface area (Å²) >= 11 is 6.13. The minimum Gasteiger partial charge on any atom is -0.489 e. The van der Waals surface area contributed by atoms with Crippen molar-refractivity contribution in [2.45, 2.75) is 40.3 Å². The second kappa shape index (κ2) is 10.5. The van der Waals surface area contributed by atoms with Crippen LogP contribution in [0.2, 0.25) is 5.02 Å². The smallest absolute Gasteiger partial charge is 0.311 e. The first kappa shape index (κ1) is 25.9. The van der Waals surface area contributed by atoms with E-state index in [-0.39, 0.29) is 5.97 Å². The third-order valence-corrected chi connectivity index (χ3v) is 7.49. The van der Waals surface area contributed by atoms with Crippen molar-refractivity contribution in [3.05, 3.63) is 112 Å². The SMILES string of the molecule is COC(=O)C(C)(C)Cc1c(C)c2cc(OCc3ccc4ccccc4c3)ccc2n1Cc1ccc(Cl)cc1. The van der Waals surface area contributed by atoms with E-state index in [4.69, 9.17) is 21.1 Å². The van der Waals surface area contributed by atoms with E-state index in [0.29, 0.717) is 24.6 Å². The lowest BCUT2D eigenvalue weighted by molar-refractivity contribution is -0.150. The molecule has 0 aliphatic carbocycles. The molecule has 0 saturated carbocycles. The van der Waals surface area contributed by atoms with Gasteiger partial charge in [-0.2, -0.15) is 0 Å². The Hall–Kier alpha value is -3.76. The zero-order valence-corrected chi connectivity index (χ0v) is 23.0. The Morgan fingerprint density at radius 3 is 2.34 bits per heavy atom. The van der Waals surface area contributed by atoms with Crippen molar-refractivity contribution in [2.75, 3.05) is 7.11 Å². The minimum atomic E-state index is -0.666. The van der Waals surface area contributed by atoms with Gasteiger partial charge in [0.25, 0.3) is 0 Å². The number of ether oxygens (including phenoxy) is 2. The number of aryl methyl sites for hydroxylation is 1. The average molecular weight is 526 g/mol. The molecule has 0 saturated heterocycles. The normalized spacial score (nSPS) is 11.7. The lowest BCUT2D eigenvalue weighted by Gasteiger charge is -2.23. The number of methoxy groups -OCH3 is 1. The zero-order chi connectivity index (χ0) is 26.9. The third-order valence-electron chi connectivity index (χ3n) is 7.24. The van der Waals surface area contributed by atoms with Gasteiger partial charge in [0.1, 0.15) is 12.4 Å². The topological polar surface area (TPSA) is 40.5 Å². The molecule has 5 heteroatoms. The molecule has 0 atom stereocenters. The van der Waals surface area contributed by atoms with E-state index >= 15 is 0 Å². The molecular weight excluding hydrogens is 494 g/mol. The van der Waals surface area contributed by atoms with Crippen molar-refractivity contribution < 1.29 is 14.3 Å². The Bertz CT molecular complexity index is 1620. The fourth-order valence-electron chi connectivity index (χ4n) is 5.09. The van der Waals surface area contributed by atoms with Crippen molar-refractivity contribution >= 4 is 39.2 Å². The number of hydrogen-bond donors (Lipinski definition) is 0. The molecule has 0 bridgehead atoms. The van der Waals surface area contributed by atoms with E-state index in [1.165, 1.54) is 17.9 Å².